The Labute approximate surface area is 64.7 Å². The third-order valence-electron chi connectivity index (χ3n) is 1.02. The second-order valence-electron chi connectivity index (χ2n) is 1.66. The summed E-state index contributed by atoms with van der Waals surface area (Å²) in [6.07, 6.45) is 1.75. The molecular formula is C8H7Br. The van der Waals surface area contributed by atoms with Crippen molar-refractivity contribution < 1.29 is 1.37 Å². The molecule has 0 aliphatic rings. The van der Waals surface area contributed by atoms with Crippen molar-refractivity contribution in [3.05, 3.63) is 40.9 Å². The summed E-state index contributed by atoms with van der Waals surface area (Å²) in [5, 5.41) is 0. The van der Waals surface area contributed by atoms with E-state index in [2.05, 4.69) is 15.9 Å². The van der Waals surface area contributed by atoms with Crippen LogP contribution in [-0.2, 0) is 0 Å². The van der Waals surface area contributed by atoms with E-state index in [0.717, 1.165) is 5.56 Å². The minimum absolute atomic E-state index is 0.402. The van der Waals surface area contributed by atoms with E-state index in [4.69, 9.17) is 1.37 Å². The van der Waals surface area contributed by atoms with Gasteiger partial charge in [-0.3, -0.25) is 0 Å². The quantitative estimate of drug-likeness (QED) is 0.629. The maximum Gasteiger partial charge on any atom is 0.0703 e. The number of halogens is 1. The summed E-state index contributed by atoms with van der Waals surface area (Å²) in [7, 11) is 0. The first-order chi connectivity index (χ1) is 4.79. The number of hydrogen-bond donors (Lipinski definition) is 0. The van der Waals surface area contributed by atoms with Gasteiger partial charge in [-0.05, 0) is 16.6 Å². The predicted octanol–water partition coefficient (Wildman–Crippen LogP) is 3.05. The van der Waals surface area contributed by atoms with E-state index in [-0.39, 0.29) is 0 Å². The van der Waals surface area contributed by atoms with Crippen LogP contribution in [0.15, 0.2) is 35.3 Å². The Morgan fingerprint density at radius 1 is 1.33 bits per heavy atom. The zero-order valence-electron chi connectivity index (χ0n) is 5.84. The topological polar surface area (TPSA) is 0 Å². The Bertz CT molecular complexity index is 224. The van der Waals surface area contributed by atoms with Crippen LogP contribution in [0.1, 0.15) is 6.93 Å². The molecule has 0 saturated carbocycles. The van der Waals surface area contributed by atoms with E-state index < -0.39 is 0 Å². The molecule has 0 bridgehead atoms. The molecule has 1 aromatic carbocycles. The van der Waals surface area contributed by atoms with Gasteiger partial charge in [0.1, 0.15) is 0 Å². The van der Waals surface area contributed by atoms with Gasteiger partial charge in [-0.15, -0.1) is 0 Å². The number of hydrogen-bond acceptors (Lipinski definition) is 0. The molecule has 9 heavy (non-hydrogen) atoms. The van der Waals surface area contributed by atoms with Crippen LogP contribution in [-0.4, -0.2) is 0 Å². The summed E-state index contributed by atoms with van der Waals surface area (Å²) in [4.78, 5) is 0.402. The van der Waals surface area contributed by atoms with Crippen LogP contribution in [0.3, 0.4) is 0 Å². The van der Waals surface area contributed by atoms with Crippen molar-refractivity contribution in [1.82, 2.24) is 0 Å². The standard InChI is InChI=1S/C8H7Br/c9-7-6-8-4-2-1-3-5-8/h1-7H/b7-6+/i7D. The molecule has 46 valence electrons. The SMILES string of the molecule is [2H]/C(Br)=C\c1ccccc1. The van der Waals surface area contributed by atoms with Gasteiger partial charge in [0.15, 0.2) is 0 Å². The van der Waals surface area contributed by atoms with Crippen LogP contribution in [0.25, 0.3) is 6.08 Å². The molecule has 0 aliphatic heterocycles. The molecule has 1 rings (SSSR count). The third kappa shape index (κ3) is 2.02. The highest BCUT2D eigenvalue weighted by atomic mass is 79.9. The summed E-state index contributed by atoms with van der Waals surface area (Å²) in [6, 6.07) is 9.75. The Hall–Kier alpha value is -0.560. The Balaban J connectivity index is 2.87. The van der Waals surface area contributed by atoms with Gasteiger partial charge in [0.25, 0.3) is 0 Å². The van der Waals surface area contributed by atoms with Crippen molar-refractivity contribution in [2.24, 2.45) is 0 Å². The summed E-state index contributed by atoms with van der Waals surface area (Å²) >= 11 is 3.04. The second-order valence-corrected chi connectivity index (χ2v) is 2.12. The molecule has 0 amide bonds. The molecule has 0 heterocycles. The van der Waals surface area contributed by atoms with Crippen molar-refractivity contribution in [2.45, 2.75) is 0 Å². The lowest BCUT2D eigenvalue weighted by Gasteiger charge is -1.86. The first kappa shape index (κ1) is 5.24. The van der Waals surface area contributed by atoms with E-state index in [9.17, 15) is 0 Å². The highest BCUT2D eigenvalue weighted by Gasteiger charge is 1.78. The predicted molar refractivity (Wildman–Crippen MR) is 44.4 cm³/mol. The molecule has 1 aromatic rings. The van der Waals surface area contributed by atoms with Crippen molar-refractivity contribution in [2.75, 3.05) is 0 Å². The molecule has 0 nitrogen and oxygen atoms in total. The average Bonchev–Trinajstić information content (AvgIpc) is 1.88. The maximum atomic E-state index is 7.09. The van der Waals surface area contributed by atoms with Crippen LogP contribution >= 0.6 is 15.9 Å². The van der Waals surface area contributed by atoms with Gasteiger partial charge in [0.05, 0.1) is 1.37 Å². The zero-order valence-corrected chi connectivity index (χ0v) is 6.43. The van der Waals surface area contributed by atoms with Gasteiger partial charge in [0.2, 0.25) is 0 Å². The van der Waals surface area contributed by atoms with Gasteiger partial charge in [-0.25, -0.2) is 0 Å². The summed E-state index contributed by atoms with van der Waals surface area (Å²) in [5.74, 6) is 0. The summed E-state index contributed by atoms with van der Waals surface area (Å²) in [5.41, 5.74) is 1.05. The fourth-order valence-corrected chi connectivity index (χ4v) is 0.877. The molecule has 0 unspecified atom stereocenters. The minimum Gasteiger partial charge on any atom is -0.0622 e. The molecular weight excluding hydrogens is 176 g/mol. The van der Waals surface area contributed by atoms with E-state index in [1.807, 2.05) is 30.3 Å². The maximum absolute atomic E-state index is 7.09. The largest absolute Gasteiger partial charge is 0.0703 e. The molecule has 0 saturated heterocycles. The molecule has 0 radical (unpaired) electrons. The van der Waals surface area contributed by atoms with Crippen molar-refractivity contribution in [3.8, 4) is 0 Å². The molecule has 1 heteroatoms. The first-order valence-electron chi connectivity index (χ1n) is 3.18. The lowest BCUT2D eigenvalue weighted by molar-refractivity contribution is 1.67. The molecule has 0 aliphatic carbocycles. The van der Waals surface area contributed by atoms with Crippen molar-refractivity contribution >= 4 is 22.0 Å². The van der Waals surface area contributed by atoms with Crippen LogP contribution in [0.2, 0.25) is 0 Å². The lowest BCUT2D eigenvalue weighted by atomic mass is 10.2. The zero-order chi connectivity index (χ0) is 7.40. The summed E-state index contributed by atoms with van der Waals surface area (Å²) in [6.45, 7) is 0. The lowest BCUT2D eigenvalue weighted by Crippen LogP contribution is -1.64. The third-order valence-corrected chi connectivity index (χ3v) is 1.25. The van der Waals surface area contributed by atoms with Gasteiger partial charge in [0, 0.05) is 0 Å². The normalized spacial score (nSPS) is 13.0. The highest BCUT2D eigenvalue weighted by Crippen LogP contribution is 2.01. The van der Waals surface area contributed by atoms with Crippen LogP contribution < -0.4 is 0 Å². The van der Waals surface area contributed by atoms with E-state index in [1.54, 1.807) is 6.08 Å². The highest BCUT2D eigenvalue weighted by molar-refractivity contribution is 9.11. The molecule has 0 N–H and O–H groups in total. The van der Waals surface area contributed by atoms with Crippen molar-refractivity contribution in [3.63, 3.8) is 0 Å². The van der Waals surface area contributed by atoms with E-state index in [0.29, 0.717) is 4.96 Å². The van der Waals surface area contributed by atoms with Crippen LogP contribution in [0, 0.1) is 0 Å². The Morgan fingerprint density at radius 2 is 2.00 bits per heavy atom. The first-order valence-corrected chi connectivity index (χ1v) is 3.47. The average molecular weight is 184 g/mol. The van der Waals surface area contributed by atoms with Crippen LogP contribution in [0.4, 0.5) is 0 Å². The monoisotopic (exact) mass is 183 g/mol. The van der Waals surface area contributed by atoms with Gasteiger partial charge < -0.3 is 0 Å². The number of benzene rings is 1. The Morgan fingerprint density at radius 3 is 2.56 bits per heavy atom. The van der Waals surface area contributed by atoms with E-state index in [1.165, 1.54) is 0 Å². The molecule has 0 atom stereocenters. The van der Waals surface area contributed by atoms with Gasteiger partial charge >= 0.3 is 0 Å². The molecule has 0 spiro atoms. The van der Waals surface area contributed by atoms with Gasteiger partial charge in [-0.1, -0.05) is 46.3 Å². The second kappa shape index (κ2) is 3.46. The summed E-state index contributed by atoms with van der Waals surface area (Å²) < 4.78 is 7.09. The fraction of sp³-hybridized carbons (Fsp3) is 0. The smallest absolute Gasteiger partial charge is 0.0622 e. The van der Waals surface area contributed by atoms with E-state index >= 15 is 0 Å². The molecule has 0 fully saturated rings. The fourth-order valence-electron chi connectivity index (χ4n) is 0.612. The minimum atomic E-state index is 0.402. The Kier molecular flexibility index (Phi) is 2.02. The van der Waals surface area contributed by atoms with Gasteiger partial charge in [-0.2, -0.15) is 0 Å². The number of rotatable bonds is 1. The van der Waals surface area contributed by atoms with Crippen LogP contribution in [0.5, 0.6) is 0 Å². The molecule has 0 aromatic heterocycles. The van der Waals surface area contributed by atoms with Crippen molar-refractivity contribution in [1.29, 1.82) is 0 Å².